The molecule has 1 fully saturated rings. The SMILES string of the molecule is Cc1noc([C@H]2CCCCN2C(=O)c2cc(C)on2)n1. The first-order valence-electron chi connectivity index (χ1n) is 6.69. The van der Waals surface area contributed by atoms with E-state index >= 15 is 0 Å². The van der Waals surface area contributed by atoms with Gasteiger partial charge in [-0.15, -0.1) is 0 Å². The van der Waals surface area contributed by atoms with Crippen molar-refractivity contribution in [3.05, 3.63) is 29.2 Å². The second-order valence-electron chi connectivity index (χ2n) is 5.01. The van der Waals surface area contributed by atoms with E-state index in [1.165, 1.54) is 0 Å². The van der Waals surface area contributed by atoms with Gasteiger partial charge in [0, 0.05) is 12.6 Å². The third-order valence-corrected chi connectivity index (χ3v) is 3.44. The Labute approximate surface area is 115 Å². The first kappa shape index (κ1) is 12.8. The number of nitrogens with zero attached hydrogens (tertiary/aromatic N) is 4. The van der Waals surface area contributed by atoms with E-state index in [0.29, 0.717) is 29.7 Å². The maximum absolute atomic E-state index is 12.5. The summed E-state index contributed by atoms with van der Waals surface area (Å²) in [6.45, 7) is 4.19. The zero-order chi connectivity index (χ0) is 14.1. The molecule has 0 spiro atoms. The summed E-state index contributed by atoms with van der Waals surface area (Å²) in [5.41, 5.74) is 0.325. The minimum atomic E-state index is -0.172. The lowest BCUT2D eigenvalue weighted by Gasteiger charge is -2.32. The lowest BCUT2D eigenvalue weighted by molar-refractivity contribution is 0.0551. The number of aromatic nitrogens is 3. The summed E-state index contributed by atoms with van der Waals surface area (Å²) in [5, 5.41) is 7.60. The fraction of sp³-hybridized carbons (Fsp3) is 0.538. The third kappa shape index (κ3) is 2.31. The minimum absolute atomic E-state index is 0.151. The van der Waals surface area contributed by atoms with Crippen LogP contribution in [0.25, 0.3) is 0 Å². The molecule has 2 aromatic rings. The van der Waals surface area contributed by atoms with Crippen molar-refractivity contribution in [1.29, 1.82) is 0 Å². The van der Waals surface area contributed by atoms with E-state index < -0.39 is 0 Å². The lowest BCUT2D eigenvalue weighted by Crippen LogP contribution is -2.38. The molecule has 0 radical (unpaired) electrons. The van der Waals surface area contributed by atoms with Gasteiger partial charge in [0.2, 0.25) is 5.89 Å². The van der Waals surface area contributed by atoms with Crippen LogP contribution in [0.2, 0.25) is 0 Å². The molecule has 1 saturated heterocycles. The van der Waals surface area contributed by atoms with Gasteiger partial charge < -0.3 is 13.9 Å². The molecule has 1 aliphatic rings. The van der Waals surface area contributed by atoms with Crippen LogP contribution < -0.4 is 0 Å². The van der Waals surface area contributed by atoms with E-state index in [2.05, 4.69) is 15.3 Å². The van der Waals surface area contributed by atoms with E-state index in [1.54, 1.807) is 24.8 Å². The summed E-state index contributed by atoms with van der Waals surface area (Å²) >= 11 is 0. The normalized spacial score (nSPS) is 19.3. The molecule has 0 aromatic carbocycles. The molecule has 0 aliphatic carbocycles. The summed E-state index contributed by atoms with van der Waals surface area (Å²) in [5.74, 6) is 1.55. The van der Waals surface area contributed by atoms with Crippen LogP contribution in [0, 0.1) is 13.8 Å². The van der Waals surface area contributed by atoms with E-state index in [0.717, 1.165) is 19.3 Å². The van der Waals surface area contributed by atoms with Crippen molar-refractivity contribution in [2.24, 2.45) is 0 Å². The van der Waals surface area contributed by atoms with Crippen molar-refractivity contribution in [2.45, 2.75) is 39.2 Å². The summed E-state index contributed by atoms with van der Waals surface area (Å²) in [7, 11) is 0. The number of carbonyl (C=O) groups excluding carboxylic acids is 1. The molecule has 7 heteroatoms. The molecule has 2 aromatic heterocycles. The fourth-order valence-electron chi connectivity index (χ4n) is 2.49. The van der Waals surface area contributed by atoms with Crippen molar-refractivity contribution in [1.82, 2.24) is 20.2 Å². The lowest BCUT2D eigenvalue weighted by atomic mass is 10.0. The molecule has 7 nitrogen and oxygen atoms in total. The van der Waals surface area contributed by atoms with Crippen molar-refractivity contribution in [3.63, 3.8) is 0 Å². The van der Waals surface area contributed by atoms with Gasteiger partial charge >= 0.3 is 0 Å². The first-order chi connectivity index (χ1) is 9.65. The van der Waals surface area contributed by atoms with Gasteiger partial charge in [-0.05, 0) is 33.1 Å². The molecule has 1 aliphatic heterocycles. The van der Waals surface area contributed by atoms with Gasteiger partial charge in [0.15, 0.2) is 11.5 Å². The Morgan fingerprint density at radius 1 is 1.30 bits per heavy atom. The summed E-state index contributed by atoms with van der Waals surface area (Å²) in [6.07, 6.45) is 2.82. The molecular formula is C13H16N4O3. The van der Waals surface area contributed by atoms with Crippen LogP contribution in [0.3, 0.4) is 0 Å². The number of carbonyl (C=O) groups is 1. The molecule has 20 heavy (non-hydrogen) atoms. The highest BCUT2D eigenvalue weighted by molar-refractivity contribution is 5.92. The molecule has 0 saturated carbocycles. The summed E-state index contributed by atoms with van der Waals surface area (Å²) < 4.78 is 10.2. The van der Waals surface area contributed by atoms with E-state index in [-0.39, 0.29) is 11.9 Å². The standard InChI is InChI=1S/C13H16N4O3/c1-8-7-10(16-19-8)13(18)17-6-4-3-5-11(17)12-14-9(2)15-20-12/h7,11H,3-6H2,1-2H3/t11-/m1/s1. The van der Waals surface area contributed by atoms with Crippen LogP contribution >= 0.6 is 0 Å². The monoisotopic (exact) mass is 276 g/mol. The van der Waals surface area contributed by atoms with Crippen molar-refractivity contribution in [3.8, 4) is 0 Å². The number of hydrogen-bond acceptors (Lipinski definition) is 6. The Hall–Kier alpha value is -2.18. The Morgan fingerprint density at radius 2 is 2.15 bits per heavy atom. The zero-order valence-electron chi connectivity index (χ0n) is 11.5. The molecule has 0 bridgehead atoms. The minimum Gasteiger partial charge on any atom is -0.361 e. The molecule has 3 heterocycles. The van der Waals surface area contributed by atoms with Gasteiger partial charge in [0.25, 0.3) is 5.91 Å². The molecule has 3 rings (SSSR count). The van der Waals surface area contributed by atoms with Gasteiger partial charge in [0.1, 0.15) is 11.8 Å². The fourth-order valence-corrected chi connectivity index (χ4v) is 2.49. The number of amides is 1. The van der Waals surface area contributed by atoms with E-state index in [1.807, 2.05) is 0 Å². The summed E-state index contributed by atoms with van der Waals surface area (Å²) in [6, 6.07) is 1.47. The smallest absolute Gasteiger partial charge is 0.276 e. The predicted octanol–water partition coefficient (Wildman–Crippen LogP) is 2.04. The number of likely N-dealkylation sites (tertiary alicyclic amines) is 1. The Kier molecular flexibility index (Phi) is 3.25. The number of piperidine rings is 1. The molecular weight excluding hydrogens is 260 g/mol. The van der Waals surface area contributed by atoms with Crippen molar-refractivity contribution >= 4 is 5.91 Å². The van der Waals surface area contributed by atoms with Crippen LogP contribution in [-0.4, -0.2) is 32.6 Å². The number of hydrogen-bond donors (Lipinski definition) is 0. The highest BCUT2D eigenvalue weighted by Crippen LogP contribution is 2.31. The van der Waals surface area contributed by atoms with Gasteiger partial charge in [0.05, 0.1) is 0 Å². The zero-order valence-corrected chi connectivity index (χ0v) is 11.5. The molecule has 106 valence electrons. The molecule has 0 unspecified atom stereocenters. The van der Waals surface area contributed by atoms with Crippen LogP contribution in [0.5, 0.6) is 0 Å². The second kappa shape index (κ2) is 5.07. The summed E-state index contributed by atoms with van der Waals surface area (Å²) in [4.78, 5) is 18.5. The Morgan fingerprint density at radius 3 is 2.80 bits per heavy atom. The average molecular weight is 276 g/mol. The number of rotatable bonds is 2. The van der Waals surface area contributed by atoms with E-state index in [9.17, 15) is 4.79 Å². The van der Waals surface area contributed by atoms with Gasteiger partial charge in [-0.2, -0.15) is 4.98 Å². The topological polar surface area (TPSA) is 85.3 Å². The molecule has 1 atom stereocenters. The highest BCUT2D eigenvalue weighted by Gasteiger charge is 2.33. The van der Waals surface area contributed by atoms with Crippen LogP contribution in [-0.2, 0) is 0 Å². The maximum atomic E-state index is 12.5. The van der Waals surface area contributed by atoms with Crippen LogP contribution in [0.1, 0.15) is 53.3 Å². The van der Waals surface area contributed by atoms with Gasteiger partial charge in [-0.25, -0.2) is 0 Å². The van der Waals surface area contributed by atoms with Crippen molar-refractivity contribution < 1.29 is 13.8 Å². The van der Waals surface area contributed by atoms with Gasteiger partial charge in [-0.3, -0.25) is 4.79 Å². The third-order valence-electron chi connectivity index (χ3n) is 3.44. The highest BCUT2D eigenvalue weighted by atomic mass is 16.5. The van der Waals surface area contributed by atoms with Crippen LogP contribution in [0.4, 0.5) is 0 Å². The first-order valence-corrected chi connectivity index (χ1v) is 6.69. The number of aryl methyl sites for hydroxylation is 2. The van der Waals surface area contributed by atoms with Crippen LogP contribution in [0.15, 0.2) is 15.1 Å². The van der Waals surface area contributed by atoms with E-state index in [4.69, 9.17) is 9.05 Å². The van der Waals surface area contributed by atoms with Gasteiger partial charge in [-0.1, -0.05) is 10.3 Å². The second-order valence-corrected chi connectivity index (χ2v) is 5.01. The maximum Gasteiger partial charge on any atom is 0.276 e. The predicted molar refractivity (Wildman–Crippen MR) is 67.9 cm³/mol. The Balaban J connectivity index is 1.87. The van der Waals surface area contributed by atoms with Crippen molar-refractivity contribution in [2.75, 3.05) is 6.54 Å². The average Bonchev–Trinajstić information content (AvgIpc) is 3.07. The molecule has 0 N–H and O–H groups in total. The molecule has 1 amide bonds. The Bertz CT molecular complexity index is 619. The largest absolute Gasteiger partial charge is 0.361 e. The quantitative estimate of drug-likeness (QED) is 0.834.